The third-order valence-corrected chi connectivity index (χ3v) is 7.37. The van der Waals surface area contributed by atoms with Crippen molar-refractivity contribution in [3.8, 4) is 0 Å². The van der Waals surface area contributed by atoms with Gasteiger partial charge in [-0.2, -0.15) is 0 Å². The minimum absolute atomic E-state index is 0.0501. The number of nitrogens with zero attached hydrogens (tertiary/aromatic N) is 3. The lowest BCUT2D eigenvalue weighted by Crippen LogP contribution is -2.28. The van der Waals surface area contributed by atoms with Gasteiger partial charge in [-0.05, 0) is 36.2 Å². The first-order valence-corrected chi connectivity index (χ1v) is 12.5. The van der Waals surface area contributed by atoms with Gasteiger partial charge in [0.05, 0.1) is 21.4 Å². The molecule has 2 heterocycles. The highest BCUT2D eigenvalue weighted by Crippen LogP contribution is 2.19. The SMILES string of the molecule is Cn1c(=O)oc2cc(S(=O)(=O)NCCn3c(CCc4ccccc4)nc4ccccc43)ccc21. The second-order valence-corrected chi connectivity index (χ2v) is 9.88. The first-order chi connectivity index (χ1) is 16.4. The average Bonchev–Trinajstić information content (AvgIpc) is 3.34. The van der Waals surface area contributed by atoms with Crippen LogP contribution in [0.4, 0.5) is 0 Å². The lowest BCUT2D eigenvalue weighted by atomic mass is 10.1. The second-order valence-electron chi connectivity index (χ2n) is 8.11. The van der Waals surface area contributed by atoms with Crippen molar-refractivity contribution in [3.05, 3.63) is 94.7 Å². The Morgan fingerprint density at radius 3 is 2.53 bits per heavy atom. The number of hydrogen-bond acceptors (Lipinski definition) is 5. The molecule has 0 bridgehead atoms. The molecule has 174 valence electrons. The third-order valence-electron chi connectivity index (χ3n) is 5.92. The Hall–Kier alpha value is -3.69. The van der Waals surface area contributed by atoms with Crippen LogP contribution in [-0.2, 0) is 36.5 Å². The highest BCUT2D eigenvalue weighted by atomic mass is 32.2. The van der Waals surface area contributed by atoms with Crippen molar-refractivity contribution >= 4 is 32.2 Å². The number of aryl methyl sites for hydroxylation is 3. The molecular formula is C25H24N4O4S. The minimum atomic E-state index is -3.78. The van der Waals surface area contributed by atoms with Crippen molar-refractivity contribution in [1.29, 1.82) is 0 Å². The summed E-state index contributed by atoms with van der Waals surface area (Å²) in [5.74, 6) is 0.379. The van der Waals surface area contributed by atoms with Crippen LogP contribution in [0.3, 0.4) is 0 Å². The molecule has 5 aromatic rings. The molecule has 0 aliphatic heterocycles. The van der Waals surface area contributed by atoms with Crippen LogP contribution < -0.4 is 10.5 Å². The van der Waals surface area contributed by atoms with Gasteiger partial charge in [-0.15, -0.1) is 0 Å². The fourth-order valence-corrected chi connectivity index (χ4v) is 5.16. The fraction of sp³-hybridized carbons (Fsp3) is 0.200. The molecule has 3 aromatic carbocycles. The predicted molar refractivity (Wildman–Crippen MR) is 130 cm³/mol. The van der Waals surface area contributed by atoms with Crippen molar-refractivity contribution in [2.75, 3.05) is 6.54 Å². The standard InChI is InChI=1S/C25H24N4O4S/c1-28-22-13-12-19(17-23(22)33-25(28)30)34(31,32)26-15-16-29-21-10-6-5-9-20(21)27-24(29)14-11-18-7-3-2-4-8-18/h2-10,12-13,17,26H,11,14-16H2,1H3. The van der Waals surface area contributed by atoms with E-state index in [1.165, 1.54) is 22.3 Å². The van der Waals surface area contributed by atoms with Gasteiger partial charge >= 0.3 is 5.76 Å². The van der Waals surface area contributed by atoms with E-state index in [4.69, 9.17) is 9.40 Å². The molecule has 9 heteroatoms. The van der Waals surface area contributed by atoms with Crippen LogP contribution in [0.2, 0.25) is 0 Å². The minimum Gasteiger partial charge on any atom is -0.408 e. The molecule has 34 heavy (non-hydrogen) atoms. The molecule has 0 spiro atoms. The van der Waals surface area contributed by atoms with E-state index in [1.54, 1.807) is 13.1 Å². The molecular weight excluding hydrogens is 452 g/mol. The van der Waals surface area contributed by atoms with E-state index >= 15 is 0 Å². The first-order valence-electron chi connectivity index (χ1n) is 11.0. The summed E-state index contributed by atoms with van der Waals surface area (Å²) < 4.78 is 37.0. The molecule has 8 nitrogen and oxygen atoms in total. The number of para-hydroxylation sites is 2. The summed E-state index contributed by atoms with van der Waals surface area (Å²) in [5, 5.41) is 0. The van der Waals surface area contributed by atoms with Gasteiger partial charge < -0.3 is 8.98 Å². The highest BCUT2D eigenvalue weighted by Gasteiger charge is 2.17. The summed E-state index contributed by atoms with van der Waals surface area (Å²) in [6.45, 7) is 0.629. The van der Waals surface area contributed by atoms with Crippen LogP contribution in [0, 0.1) is 0 Å². The van der Waals surface area contributed by atoms with Crippen molar-refractivity contribution in [1.82, 2.24) is 18.8 Å². The molecule has 0 saturated carbocycles. The predicted octanol–water partition coefficient (Wildman–Crippen LogP) is 3.24. The molecule has 0 atom stereocenters. The fourth-order valence-electron chi connectivity index (χ4n) is 4.12. The normalized spacial score (nSPS) is 12.0. The largest absolute Gasteiger partial charge is 0.419 e. The molecule has 5 rings (SSSR count). The molecule has 0 aliphatic carbocycles. The average molecular weight is 477 g/mol. The van der Waals surface area contributed by atoms with E-state index in [-0.39, 0.29) is 17.0 Å². The number of fused-ring (bicyclic) bond motifs is 2. The van der Waals surface area contributed by atoms with Gasteiger partial charge in [0.2, 0.25) is 10.0 Å². The maximum Gasteiger partial charge on any atom is 0.419 e. The number of imidazole rings is 1. The maximum absolute atomic E-state index is 12.9. The van der Waals surface area contributed by atoms with E-state index in [9.17, 15) is 13.2 Å². The molecule has 0 unspecified atom stereocenters. The van der Waals surface area contributed by atoms with Gasteiger partial charge in [-0.25, -0.2) is 22.9 Å². The Labute approximate surface area is 196 Å². The van der Waals surface area contributed by atoms with Gasteiger partial charge in [-0.1, -0.05) is 42.5 Å². The van der Waals surface area contributed by atoms with Crippen LogP contribution >= 0.6 is 0 Å². The van der Waals surface area contributed by atoms with E-state index in [1.807, 2.05) is 42.5 Å². The summed E-state index contributed by atoms with van der Waals surface area (Å²) in [5.41, 5.74) is 3.86. The van der Waals surface area contributed by atoms with E-state index in [0.29, 0.717) is 12.1 Å². The quantitative estimate of drug-likeness (QED) is 0.371. The summed E-state index contributed by atoms with van der Waals surface area (Å²) in [6.07, 6.45) is 1.59. The van der Waals surface area contributed by atoms with Gasteiger partial charge in [0.25, 0.3) is 0 Å². The number of rotatable bonds is 8. The Morgan fingerprint density at radius 1 is 0.941 bits per heavy atom. The number of sulfonamides is 1. The lowest BCUT2D eigenvalue weighted by Gasteiger charge is -2.11. The van der Waals surface area contributed by atoms with Crippen LogP contribution in [0.15, 0.2) is 86.9 Å². The van der Waals surface area contributed by atoms with Crippen LogP contribution in [0.5, 0.6) is 0 Å². The molecule has 1 N–H and O–H groups in total. The number of hydrogen-bond donors (Lipinski definition) is 1. The summed E-state index contributed by atoms with van der Waals surface area (Å²) >= 11 is 0. The Balaban J connectivity index is 1.34. The van der Waals surface area contributed by atoms with Crippen LogP contribution in [-0.4, -0.2) is 29.1 Å². The molecule has 0 fully saturated rings. The monoisotopic (exact) mass is 476 g/mol. The second kappa shape index (κ2) is 8.92. The molecule has 0 amide bonds. The first kappa shape index (κ1) is 22.1. The molecule has 0 radical (unpaired) electrons. The number of nitrogens with one attached hydrogen (secondary N) is 1. The van der Waals surface area contributed by atoms with Gasteiger partial charge in [-0.3, -0.25) is 4.57 Å². The summed E-state index contributed by atoms with van der Waals surface area (Å²) in [4.78, 5) is 16.5. The van der Waals surface area contributed by atoms with E-state index in [2.05, 4.69) is 21.4 Å². The summed E-state index contributed by atoms with van der Waals surface area (Å²) in [7, 11) is -2.21. The number of benzene rings is 3. The van der Waals surface area contributed by atoms with Crippen LogP contribution in [0.1, 0.15) is 11.4 Å². The Bertz CT molecular complexity index is 1630. The zero-order valence-corrected chi connectivity index (χ0v) is 19.5. The zero-order valence-electron chi connectivity index (χ0n) is 18.6. The van der Waals surface area contributed by atoms with Gasteiger partial charge in [0.15, 0.2) is 5.58 Å². The lowest BCUT2D eigenvalue weighted by molar-refractivity contribution is 0.527. The molecule has 0 aliphatic rings. The van der Waals surface area contributed by atoms with Crippen molar-refractivity contribution < 1.29 is 12.8 Å². The van der Waals surface area contributed by atoms with E-state index < -0.39 is 15.8 Å². The topological polar surface area (TPSA) is 99.1 Å². The summed E-state index contributed by atoms with van der Waals surface area (Å²) in [6, 6.07) is 22.5. The van der Waals surface area contributed by atoms with Gasteiger partial charge in [0.1, 0.15) is 5.82 Å². The Kier molecular flexibility index (Phi) is 5.80. The third kappa shape index (κ3) is 4.27. The molecule has 2 aromatic heterocycles. The zero-order chi connectivity index (χ0) is 23.7. The van der Waals surface area contributed by atoms with Gasteiger partial charge in [0, 0.05) is 32.6 Å². The Morgan fingerprint density at radius 2 is 1.71 bits per heavy atom. The number of oxazole rings is 1. The molecule has 0 saturated heterocycles. The van der Waals surface area contributed by atoms with Crippen LogP contribution in [0.25, 0.3) is 22.1 Å². The number of aromatic nitrogens is 3. The van der Waals surface area contributed by atoms with Crippen molar-refractivity contribution in [3.63, 3.8) is 0 Å². The smallest absolute Gasteiger partial charge is 0.408 e. The maximum atomic E-state index is 12.9. The van der Waals surface area contributed by atoms with Crippen molar-refractivity contribution in [2.24, 2.45) is 7.05 Å². The van der Waals surface area contributed by atoms with E-state index in [0.717, 1.165) is 29.7 Å². The highest BCUT2D eigenvalue weighted by molar-refractivity contribution is 7.89. The van der Waals surface area contributed by atoms with Crippen molar-refractivity contribution in [2.45, 2.75) is 24.3 Å².